The van der Waals surface area contributed by atoms with Crippen LogP contribution in [0.25, 0.3) is 0 Å². The second-order valence-corrected chi connectivity index (χ2v) is 4.65. The van der Waals surface area contributed by atoms with E-state index >= 15 is 0 Å². The highest BCUT2D eigenvalue weighted by Gasteiger charge is 2.35. The molecule has 0 bridgehead atoms. The van der Waals surface area contributed by atoms with Gasteiger partial charge in [0.1, 0.15) is 0 Å². The molecule has 4 nitrogen and oxygen atoms in total. The first kappa shape index (κ1) is 14.0. The van der Waals surface area contributed by atoms with E-state index in [1.807, 2.05) is 6.92 Å². The molecule has 0 spiro atoms. The van der Waals surface area contributed by atoms with Gasteiger partial charge in [0.05, 0.1) is 6.10 Å². The van der Waals surface area contributed by atoms with Gasteiger partial charge in [0.15, 0.2) is 5.96 Å². The molecule has 3 atom stereocenters. The minimum absolute atomic E-state index is 0. The molecule has 5 heteroatoms. The van der Waals surface area contributed by atoms with E-state index in [0.29, 0.717) is 6.04 Å². The van der Waals surface area contributed by atoms with Gasteiger partial charge in [0.2, 0.25) is 0 Å². The van der Waals surface area contributed by atoms with Crippen LogP contribution < -0.4 is 5.32 Å². The van der Waals surface area contributed by atoms with Gasteiger partial charge in [-0.1, -0.05) is 6.92 Å². The lowest BCUT2D eigenvalue weighted by molar-refractivity contribution is 0.187. The molecule has 16 heavy (non-hydrogen) atoms. The first-order chi connectivity index (χ1) is 7.20. The molecule has 2 unspecified atom stereocenters. The predicted octanol–water partition coefficient (Wildman–Crippen LogP) is 1.04. The van der Waals surface area contributed by atoms with Crippen molar-refractivity contribution in [2.75, 3.05) is 19.6 Å². The van der Waals surface area contributed by atoms with Gasteiger partial charge in [-0.2, -0.15) is 0 Å². The molecule has 2 aliphatic rings. The standard InChI is InChI=1S/C11H21N3O.HI/c1-3-12-11(13-10-6-8(10)2)14-5-4-9(15)7-14;/h8-10,15H,3-7H2,1-2H3,(H,12,13);1H/t8?,9-,10?;/m1./s1. The molecular weight excluding hydrogens is 317 g/mol. The second kappa shape index (κ2) is 6.05. The Morgan fingerprint density at radius 3 is 2.69 bits per heavy atom. The van der Waals surface area contributed by atoms with E-state index in [1.165, 1.54) is 6.42 Å². The third kappa shape index (κ3) is 3.48. The maximum Gasteiger partial charge on any atom is 0.194 e. The summed E-state index contributed by atoms with van der Waals surface area (Å²) in [6.45, 7) is 6.75. The van der Waals surface area contributed by atoms with Gasteiger partial charge in [-0.25, -0.2) is 0 Å². The third-order valence-corrected chi connectivity index (χ3v) is 3.19. The molecule has 1 aliphatic heterocycles. The Bertz CT molecular complexity index is 260. The van der Waals surface area contributed by atoms with Crippen LogP contribution in [0, 0.1) is 5.92 Å². The molecule has 0 amide bonds. The predicted molar refractivity (Wildman–Crippen MR) is 76.3 cm³/mol. The van der Waals surface area contributed by atoms with Crippen molar-refractivity contribution in [2.24, 2.45) is 10.9 Å². The van der Waals surface area contributed by atoms with Gasteiger partial charge in [0, 0.05) is 25.7 Å². The number of β-amino-alcohol motifs (C(OH)–C–C–N with tert-alkyl or cyclic N) is 1. The van der Waals surface area contributed by atoms with Crippen molar-refractivity contribution in [3.05, 3.63) is 0 Å². The zero-order valence-corrected chi connectivity index (χ0v) is 12.3. The van der Waals surface area contributed by atoms with Crippen LogP contribution in [0.15, 0.2) is 4.99 Å². The van der Waals surface area contributed by atoms with Crippen molar-refractivity contribution in [3.63, 3.8) is 0 Å². The number of hydrogen-bond acceptors (Lipinski definition) is 2. The highest BCUT2D eigenvalue weighted by molar-refractivity contribution is 14.0. The molecule has 0 aromatic rings. The van der Waals surface area contributed by atoms with E-state index in [1.54, 1.807) is 0 Å². The molecule has 2 fully saturated rings. The summed E-state index contributed by atoms with van der Waals surface area (Å²) in [7, 11) is 0. The Labute approximate surface area is 115 Å². The number of guanidine groups is 1. The average Bonchev–Trinajstić information content (AvgIpc) is 2.72. The van der Waals surface area contributed by atoms with E-state index in [4.69, 9.17) is 0 Å². The van der Waals surface area contributed by atoms with E-state index in [0.717, 1.165) is 37.9 Å². The molecule has 0 radical (unpaired) electrons. The Kier molecular flexibility index (Phi) is 5.30. The summed E-state index contributed by atoms with van der Waals surface area (Å²) < 4.78 is 0. The van der Waals surface area contributed by atoms with Crippen LogP contribution in [0.3, 0.4) is 0 Å². The molecular formula is C11H22IN3O. The second-order valence-electron chi connectivity index (χ2n) is 4.65. The molecule has 0 aromatic heterocycles. The first-order valence-electron chi connectivity index (χ1n) is 5.94. The molecule has 94 valence electrons. The normalized spacial score (nSPS) is 33.6. The monoisotopic (exact) mass is 339 g/mol. The number of aliphatic hydroxyl groups is 1. The number of likely N-dealkylation sites (tertiary alicyclic amines) is 1. The Morgan fingerprint density at radius 2 is 2.25 bits per heavy atom. The van der Waals surface area contributed by atoms with Crippen LogP contribution in [0.4, 0.5) is 0 Å². The van der Waals surface area contributed by atoms with Crippen LogP contribution >= 0.6 is 24.0 Å². The fraction of sp³-hybridized carbons (Fsp3) is 0.909. The number of halogens is 1. The quantitative estimate of drug-likeness (QED) is 0.449. The van der Waals surface area contributed by atoms with E-state index in [-0.39, 0.29) is 30.1 Å². The summed E-state index contributed by atoms with van der Waals surface area (Å²) in [5.41, 5.74) is 0. The minimum atomic E-state index is -0.175. The van der Waals surface area contributed by atoms with Crippen LogP contribution in [0.2, 0.25) is 0 Å². The Balaban J connectivity index is 0.00000128. The van der Waals surface area contributed by atoms with E-state index in [2.05, 4.69) is 22.1 Å². The van der Waals surface area contributed by atoms with Crippen molar-refractivity contribution < 1.29 is 5.11 Å². The highest BCUT2D eigenvalue weighted by Crippen LogP contribution is 2.29. The van der Waals surface area contributed by atoms with Gasteiger partial charge >= 0.3 is 0 Å². The SMILES string of the molecule is CCN=C(NC1CC1C)N1CC[C@@H](O)C1.I. The van der Waals surface area contributed by atoms with Crippen molar-refractivity contribution in [2.45, 2.75) is 38.8 Å². The Hall–Kier alpha value is -0.0400. The fourth-order valence-electron chi connectivity index (χ4n) is 2.01. The average molecular weight is 339 g/mol. The maximum absolute atomic E-state index is 9.49. The summed E-state index contributed by atoms with van der Waals surface area (Å²) in [6.07, 6.45) is 1.94. The lowest BCUT2D eigenvalue weighted by Gasteiger charge is -2.21. The van der Waals surface area contributed by atoms with Gasteiger partial charge in [-0.3, -0.25) is 4.99 Å². The molecule has 1 saturated heterocycles. The zero-order valence-electron chi connectivity index (χ0n) is 10.0. The molecule has 1 aliphatic carbocycles. The highest BCUT2D eigenvalue weighted by atomic mass is 127. The minimum Gasteiger partial charge on any atom is -0.391 e. The third-order valence-electron chi connectivity index (χ3n) is 3.19. The number of hydrogen-bond donors (Lipinski definition) is 2. The largest absolute Gasteiger partial charge is 0.391 e. The number of nitrogens with one attached hydrogen (secondary N) is 1. The first-order valence-corrected chi connectivity index (χ1v) is 5.94. The number of rotatable bonds is 2. The number of aliphatic imine (C=N–C) groups is 1. The van der Waals surface area contributed by atoms with Crippen molar-refractivity contribution in [1.29, 1.82) is 0 Å². The van der Waals surface area contributed by atoms with Gasteiger partial charge in [-0.05, 0) is 25.7 Å². The smallest absolute Gasteiger partial charge is 0.194 e. The van der Waals surface area contributed by atoms with Crippen molar-refractivity contribution in [1.82, 2.24) is 10.2 Å². The number of aliphatic hydroxyl groups excluding tert-OH is 1. The fourth-order valence-corrected chi connectivity index (χ4v) is 2.01. The molecule has 1 saturated carbocycles. The van der Waals surface area contributed by atoms with Crippen LogP contribution in [-0.4, -0.2) is 47.7 Å². The van der Waals surface area contributed by atoms with E-state index < -0.39 is 0 Å². The maximum atomic E-state index is 9.49. The molecule has 1 heterocycles. The summed E-state index contributed by atoms with van der Waals surface area (Å²) in [5, 5.41) is 13.0. The van der Waals surface area contributed by atoms with Crippen molar-refractivity contribution >= 4 is 29.9 Å². The molecule has 2 rings (SSSR count). The van der Waals surface area contributed by atoms with Gasteiger partial charge in [-0.15, -0.1) is 24.0 Å². The number of nitrogens with zero attached hydrogens (tertiary/aromatic N) is 2. The molecule has 0 aromatic carbocycles. The summed E-state index contributed by atoms with van der Waals surface area (Å²) in [5.74, 6) is 1.77. The molecule has 2 N–H and O–H groups in total. The lowest BCUT2D eigenvalue weighted by atomic mass is 10.3. The van der Waals surface area contributed by atoms with Crippen LogP contribution in [-0.2, 0) is 0 Å². The van der Waals surface area contributed by atoms with Gasteiger partial charge in [0.25, 0.3) is 0 Å². The van der Waals surface area contributed by atoms with Gasteiger partial charge < -0.3 is 15.3 Å². The summed E-state index contributed by atoms with van der Waals surface area (Å²) >= 11 is 0. The summed E-state index contributed by atoms with van der Waals surface area (Å²) in [4.78, 5) is 6.64. The Morgan fingerprint density at radius 1 is 1.56 bits per heavy atom. The summed E-state index contributed by atoms with van der Waals surface area (Å²) in [6, 6.07) is 0.605. The van der Waals surface area contributed by atoms with Crippen molar-refractivity contribution in [3.8, 4) is 0 Å². The van der Waals surface area contributed by atoms with Crippen LogP contribution in [0.1, 0.15) is 26.7 Å². The lowest BCUT2D eigenvalue weighted by Crippen LogP contribution is -2.42. The zero-order chi connectivity index (χ0) is 10.8. The van der Waals surface area contributed by atoms with Crippen LogP contribution in [0.5, 0.6) is 0 Å². The topological polar surface area (TPSA) is 47.9 Å². The van der Waals surface area contributed by atoms with E-state index in [9.17, 15) is 5.11 Å².